The van der Waals surface area contributed by atoms with E-state index < -0.39 is 6.10 Å². The Labute approximate surface area is 168 Å². The van der Waals surface area contributed by atoms with Crippen LogP contribution in [0, 0.1) is 12.8 Å². The fourth-order valence-corrected chi connectivity index (χ4v) is 3.88. The third-order valence-corrected chi connectivity index (χ3v) is 5.61. The van der Waals surface area contributed by atoms with Crippen molar-refractivity contribution in [2.45, 2.75) is 45.9 Å². The molecule has 1 aliphatic rings. The molecule has 1 N–H and O–H groups in total. The summed E-state index contributed by atoms with van der Waals surface area (Å²) in [4.78, 5) is 20.9. The number of likely N-dealkylation sites (tertiary alicyclic amines) is 1. The van der Waals surface area contributed by atoms with Gasteiger partial charge in [0.05, 0.1) is 0 Å². The Bertz CT molecular complexity index is 755. The summed E-state index contributed by atoms with van der Waals surface area (Å²) >= 11 is 0. The molecule has 3 rings (SSSR count). The fraction of sp³-hybridized carbons (Fsp3) is 0.478. The lowest BCUT2D eigenvalue weighted by Gasteiger charge is -2.35. The van der Waals surface area contributed by atoms with Crippen LogP contribution in [0.15, 0.2) is 48.8 Å². The van der Waals surface area contributed by atoms with Gasteiger partial charge in [-0.3, -0.25) is 14.7 Å². The van der Waals surface area contributed by atoms with E-state index in [0.717, 1.165) is 38.0 Å². The molecule has 0 bridgehead atoms. The molecule has 5 nitrogen and oxygen atoms in total. The summed E-state index contributed by atoms with van der Waals surface area (Å²) in [7, 11) is 0. The van der Waals surface area contributed by atoms with E-state index in [9.17, 15) is 9.90 Å². The summed E-state index contributed by atoms with van der Waals surface area (Å²) in [5, 5.41) is 9.82. The molecule has 1 aromatic carbocycles. The highest BCUT2D eigenvalue weighted by atomic mass is 16.3. The largest absolute Gasteiger partial charge is 0.384 e. The van der Waals surface area contributed by atoms with E-state index in [1.54, 1.807) is 24.2 Å². The SMILES string of the molecule is Cc1ccccc1CN1CCC(CN(Cc2cccnc2)C(=O)C(C)O)CC1. The summed E-state index contributed by atoms with van der Waals surface area (Å²) in [6.07, 6.45) is 4.69. The maximum atomic E-state index is 12.5. The Hall–Kier alpha value is -2.24. The second-order valence-corrected chi connectivity index (χ2v) is 7.90. The van der Waals surface area contributed by atoms with Crippen LogP contribution in [0.5, 0.6) is 0 Å². The number of carbonyl (C=O) groups is 1. The number of nitrogens with zero attached hydrogens (tertiary/aromatic N) is 3. The maximum Gasteiger partial charge on any atom is 0.251 e. The van der Waals surface area contributed by atoms with Crippen LogP contribution in [0.1, 0.15) is 36.5 Å². The van der Waals surface area contributed by atoms with E-state index in [2.05, 4.69) is 41.1 Å². The number of aromatic nitrogens is 1. The summed E-state index contributed by atoms with van der Waals surface area (Å²) in [5.41, 5.74) is 3.73. The van der Waals surface area contributed by atoms with E-state index in [1.807, 2.05) is 12.1 Å². The molecule has 28 heavy (non-hydrogen) atoms. The van der Waals surface area contributed by atoms with Gasteiger partial charge < -0.3 is 10.0 Å². The fourth-order valence-electron chi connectivity index (χ4n) is 3.88. The number of carbonyl (C=O) groups excluding carboxylic acids is 1. The first-order chi connectivity index (χ1) is 13.5. The van der Waals surface area contributed by atoms with Gasteiger partial charge in [-0.05, 0) is 68.5 Å². The Morgan fingerprint density at radius 1 is 1.25 bits per heavy atom. The van der Waals surface area contributed by atoms with Gasteiger partial charge in [0.25, 0.3) is 5.91 Å². The standard InChI is InChI=1S/C23H31N3O2/c1-18-6-3-4-8-22(18)17-25-12-9-20(10-13-25)15-26(23(28)19(2)27)16-21-7-5-11-24-14-21/h3-8,11,14,19-20,27H,9-10,12-13,15-17H2,1-2H3. The van der Waals surface area contributed by atoms with E-state index >= 15 is 0 Å². The van der Waals surface area contributed by atoms with Gasteiger partial charge in [-0.25, -0.2) is 0 Å². The summed E-state index contributed by atoms with van der Waals surface area (Å²) < 4.78 is 0. The number of piperidine rings is 1. The minimum Gasteiger partial charge on any atom is -0.384 e. The van der Waals surface area contributed by atoms with E-state index in [1.165, 1.54) is 11.1 Å². The van der Waals surface area contributed by atoms with Gasteiger partial charge >= 0.3 is 0 Å². The molecule has 0 aliphatic carbocycles. The number of benzene rings is 1. The van der Waals surface area contributed by atoms with Crippen LogP contribution < -0.4 is 0 Å². The summed E-state index contributed by atoms with van der Waals surface area (Å²) in [6, 6.07) is 12.4. The maximum absolute atomic E-state index is 12.5. The number of hydrogen-bond acceptors (Lipinski definition) is 4. The van der Waals surface area contributed by atoms with Gasteiger partial charge in [0, 0.05) is 32.0 Å². The van der Waals surface area contributed by atoms with Crippen LogP contribution in [0.25, 0.3) is 0 Å². The van der Waals surface area contributed by atoms with Gasteiger partial charge in [-0.2, -0.15) is 0 Å². The molecular formula is C23H31N3O2. The molecule has 0 saturated carbocycles. The van der Waals surface area contributed by atoms with Crippen LogP contribution in [0.4, 0.5) is 0 Å². The lowest BCUT2D eigenvalue weighted by atomic mass is 9.95. The summed E-state index contributed by atoms with van der Waals surface area (Å²) in [5.74, 6) is 0.263. The van der Waals surface area contributed by atoms with E-state index in [-0.39, 0.29) is 5.91 Å². The van der Waals surface area contributed by atoms with Crippen LogP contribution in [0.2, 0.25) is 0 Å². The highest BCUT2D eigenvalue weighted by molar-refractivity contribution is 5.80. The van der Waals surface area contributed by atoms with Crippen LogP contribution >= 0.6 is 0 Å². The van der Waals surface area contributed by atoms with Crippen molar-refractivity contribution in [1.29, 1.82) is 0 Å². The minimum absolute atomic E-state index is 0.203. The molecule has 1 atom stereocenters. The quantitative estimate of drug-likeness (QED) is 0.801. The van der Waals surface area contributed by atoms with E-state index in [0.29, 0.717) is 19.0 Å². The Morgan fingerprint density at radius 2 is 2.00 bits per heavy atom. The molecule has 150 valence electrons. The Balaban J connectivity index is 1.55. The second kappa shape index (κ2) is 9.80. The van der Waals surface area contributed by atoms with Crippen molar-refractivity contribution < 1.29 is 9.90 Å². The Kier molecular flexibility index (Phi) is 7.18. The molecule has 0 radical (unpaired) electrons. The number of amides is 1. The van der Waals surface area contributed by atoms with Gasteiger partial charge in [-0.15, -0.1) is 0 Å². The van der Waals surface area contributed by atoms with Crippen molar-refractivity contribution in [3.63, 3.8) is 0 Å². The highest BCUT2D eigenvalue weighted by Crippen LogP contribution is 2.22. The number of aryl methyl sites for hydroxylation is 1. The molecule has 2 aromatic rings. The minimum atomic E-state index is -0.974. The third kappa shape index (κ3) is 5.63. The zero-order chi connectivity index (χ0) is 19.9. The first-order valence-corrected chi connectivity index (χ1v) is 10.2. The van der Waals surface area contributed by atoms with Crippen molar-refractivity contribution in [2.75, 3.05) is 19.6 Å². The van der Waals surface area contributed by atoms with Crippen LogP contribution in [-0.2, 0) is 17.9 Å². The van der Waals surface area contributed by atoms with E-state index in [4.69, 9.17) is 0 Å². The molecule has 2 heterocycles. The number of aliphatic hydroxyl groups is 1. The molecule has 1 amide bonds. The van der Waals surface area contributed by atoms with Gasteiger partial charge in [0.1, 0.15) is 6.10 Å². The van der Waals surface area contributed by atoms with Crippen molar-refractivity contribution >= 4 is 5.91 Å². The highest BCUT2D eigenvalue weighted by Gasteiger charge is 2.26. The Morgan fingerprint density at radius 3 is 2.64 bits per heavy atom. The third-order valence-electron chi connectivity index (χ3n) is 5.61. The predicted molar refractivity (Wildman–Crippen MR) is 111 cm³/mol. The molecule has 1 aliphatic heterocycles. The normalized spacial score (nSPS) is 16.7. The van der Waals surface area contributed by atoms with Crippen molar-refractivity contribution in [1.82, 2.24) is 14.8 Å². The molecule has 0 spiro atoms. The van der Waals surface area contributed by atoms with Crippen molar-refractivity contribution in [3.05, 3.63) is 65.5 Å². The lowest BCUT2D eigenvalue weighted by molar-refractivity contribution is -0.140. The average molecular weight is 382 g/mol. The molecule has 1 saturated heterocycles. The number of pyridine rings is 1. The van der Waals surface area contributed by atoms with Crippen LogP contribution in [0.3, 0.4) is 0 Å². The van der Waals surface area contributed by atoms with Gasteiger partial charge in [0.15, 0.2) is 0 Å². The molecule has 1 aromatic heterocycles. The van der Waals surface area contributed by atoms with Crippen molar-refractivity contribution in [3.8, 4) is 0 Å². The molecular weight excluding hydrogens is 350 g/mol. The predicted octanol–water partition coefficient (Wildman–Crippen LogP) is 3.01. The first-order valence-electron chi connectivity index (χ1n) is 10.2. The molecule has 1 unspecified atom stereocenters. The zero-order valence-electron chi connectivity index (χ0n) is 16.9. The number of hydrogen-bond donors (Lipinski definition) is 1. The van der Waals surface area contributed by atoms with Crippen LogP contribution in [-0.4, -0.2) is 51.5 Å². The monoisotopic (exact) mass is 381 g/mol. The zero-order valence-corrected chi connectivity index (χ0v) is 16.9. The number of aliphatic hydroxyl groups excluding tert-OH is 1. The average Bonchev–Trinajstić information content (AvgIpc) is 2.71. The molecule has 5 heteroatoms. The first kappa shape index (κ1) is 20.5. The topological polar surface area (TPSA) is 56.7 Å². The number of rotatable bonds is 7. The smallest absolute Gasteiger partial charge is 0.251 e. The van der Waals surface area contributed by atoms with Gasteiger partial charge in [-0.1, -0.05) is 30.3 Å². The second-order valence-electron chi connectivity index (χ2n) is 7.90. The summed E-state index contributed by atoms with van der Waals surface area (Å²) in [6.45, 7) is 7.98. The van der Waals surface area contributed by atoms with Crippen molar-refractivity contribution in [2.24, 2.45) is 5.92 Å². The van der Waals surface area contributed by atoms with Gasteiger partial charge in [0.2, 0.25) is 0 Å². The lowest BCUT2D eigenvalue weighted by Crippen LogP contribution is -2.43. The molecule has 1 fully saturated rings.